The minimum absolute atomic E-state index is 0.506. The van der Waals surface area contributed by atoms with Crippen LogP contribution in [0.5, 0.6) is 0 Å². The van der Waals surface area contributed by atoms with Gasteiger partial charge in [0, 0.05) is 26.2 Å². The summed E-state index contributed by atoms with van der Waals surface area (Å²) in [6, 6.07) is 0.506. The van der Waals surface area contributed by atoms with Crippen molar-refractivity contribution in [1.29, 1.82) is 0 Å². The lowest BCUT2D eigenvalue weighted by atomic mass is 9.82. The first kappa shape index (κ1) is 13.8. The van der Waals surface area contributed by atoms with Crippen LogP contribution in [-0.4, -0.2) is 41.1 Å². The lowest BCUT2D eigenvalue weighted by Crippen LogP contribution is -2.35. The Morgan fingerprint density at radius 3 is 2.26 bits per heavy atom. The van der Waals surface area contributed by atoms with Crippen LogP contribution in [0.4, 0.5) is 17.8 Å². The summed E-state index contributed by atoms with van der Waals surface area (Å²) in [5, 5.41) is 6.40. The van der Waals surface area contributed by atoms with Crippen molar-refractivity contribution in [2.45, 2.75) is 39.7 Å². The second-order valence-electron chi connectivity index (χ2n) is 5.12. The molecule has 1 aliphatic carbocycles. The molecule has 0 atom stereocenters. The van der Waals surface area contributed by atoms with Crippen LogP contribution >= 0.6 is 0 Å². The van der Waals surface area contributed by atoms with Crippen LogP contribution in [0, 0.1) is 5.92 Å². The molecule has 0 aromatic carbocycles. The van der Waals surface area contributed by atoms with Crippen molar-refractivity contribution in [1.82, 2.24) is 15.0 Å². The predicted octanol–water partition coefficient (Wildman–Crippen LogP) is 1.97. The van der Waals surface area contributed by atoms with E-state index in [2.05, 4.69) is 51.3 Å². The molecule has 1 aromatic heterocycles. The Morgan fingerprint density at radius 2 is 1.74 bits per heavy atom. The van der Waals surface area contributed by atoms with Crippen molar-refractivity contribution in [3.63, 3.8) is 0 Å². The van der Waals surface area contributed by atoms with Gasteiger partial charge in [-0.3, -0.25) is 0 Å². The normalized spacial score (nSPS) is 21.7. The van der Waals surface area contributed by atoms with Crippen molar-refractivity contribution < 1.29 is 0 Å². The Balaban J connectivity index is 2.15. The molecule has 0 saturated heterocycles. The SMILES string of the molecule is CCN(CC)c1nc(NC)nc(NC2CC(C)C2)n1. The van der Waals surface area contributed by atoms with Crippen LogP contribution in [-0.2, 0) is 0 Å². The second-order valence-corrected chi connectivity index (χ2v) is 5.12. The van der Waals surface area contributed by atoms with Gasteiger partial charge in [0.15, 0.2) is 0 Å². The molecule has 0 amide bonds. The Kier molecular flexibility index (Phi) is 4.39. The topological polar surface area (TPSA) is 66.0 Å². The molecule has 1 aromatic rings. The van der Waals surface area contributed by atoms with E-state index in [1.807, 2.05) is 7.05 Å². The number of rotatable bonds is 6. The summed E-state index contributed by atoms with van der Waals surface area (Å²) in [4.78, 5) is 15.4. The van der Waals surface area contributed by atoms with Gasteiger partial charge < -0.3 is 15.5 Å². The standard InChI is InChI=1S/C13H24N6/c1-5-19(6-2)13-17-11(14-4)16-12(18-13)15-10-7-9(3)8-10/h9-10H,5-8H2,1-4H3,(H2,14,15,16,17,18). The Bertz CT molecular complexity index is 412. The summed E-state index contributed by atoms with van der Waals surface area (Å²) in [7, 11) is 1.83. The van der Waals surface area contributed by atoms with Crippen LogP contribution in [0.15, 0.2) is 0 Å². The zero-order chi connectivity index (χ0) is 13.8. The van der Waals surface area contributed by atoms with E-state index in [1.165, 1.54) is 12.8 Å². The van der Waals surface area contributed by atoms with E-state index in [0.717, 1.165) is 25.0 Å². The van der Waals surface area contributed by atoms with E-state index in [4.69, 9.17) is 0 Å². The molecular weight excluding hydrogens is 240 g/mol. The average Bonchev–Trinajstić information content (AvgIpc) is 2.38. The van der Waals surface area contributed by atoms with Gasteiger partial charge in [0.05, 0.1) is 0 Å². The number of nitrogens with zero attached hydrogens (tertiary/aromatic N) is 4. The molecule has 0 unspecified atom stereocenters. The third-order valence-electron chi connectivity index (χ3n) is 3.60. The lowest BCUT2D eigenvalue weighted by molar-refractivity contribution is 0.308. The fraction of sp³-hybridized carbons (Fsp3) is 0.769. The molecule has 0 radical (unpaired) electrons. The molecule has 2 N–H and O–H groups in total. The first-order valence-corrected chi connectivity index (χ1v) is 7.11. The quantitative estimate of drug-likeness (QED) is 0.819. The van der Waals surface area contributed by atoms with E-state index >= 15 is 0 Å². The van der Waals surface area contributed by atoms with Gasteiger partial charge in [-0.1, -0.05) is 6.92 Å². The van der Waals surface area contributed by atoms with E-state index in [0.29, 0.717) is 17.9 Å². The number of nitrogens with one attached hydrogen (secondary N) is 2. The number of hydrogen-bond donors (Lipinski definition) is 2. The van der Waals surface area contributed by atoms with Gasteiger partial charge in [-0.2, -0.15) is 15.0 Å². The van der Waals surface area contributed by atoms with Crippen molar-refractivity contribution >= 4 is 17.8 Å². The van der Waals surface area contributed by atoms with Crippen LogP contribution in [0.1, 0.15) is 33.6 Å². The van der Waals surface area contributed by atoms with Crippen LogP contribution < -0.4 is 15.5 Å². The van der Waals surface area contributed by atoms with Gasteiger partial charge in [0.25, 0.3) is 0 Å². The summed E-state index contributed by atoms with van der Waals surface area (Å²) in [6.45, 7) is 8.26. The highest BCUT2D eigenvalue weighted by Gasteiger charge is 2.26. The molecule has 1 saturated carbocycles. The lowest BCUT2D eigenvalue weighted by Gasteiger charge is -2.33. The summed E-state index contributed by atoms with van der Waals surface area (Å²) < 4.78 is 0. The van der Waals surface area contributed by atoms with E-state index in [9.17, 15) is 0 Å². The predicted molar refractivity (Wildman–Crippen MR) is 78.7 cm³/mol. The van der Waals surface area contributed by atoms with Crippen LogP contribution in [0.25, 0.3) is 0 Å². The summed E-state index contributed by atoms with van der Waals surface area (Å²) in [5.74, 6) is 2.84. The van der Waals surface area contributed by atoms with Gasteiger partial charge in [0.1, 0.15) is 0 Å². The maximum Gasteiger partial charge on any atom is 0.231 e. The van der Waals surface area contributed by atoms with Crippen molar-refractivity contribution in [3.05, 3.63) is 0 Å². The minimum atomic E-state index is 0.506. The third kappa shape index (κ3) is 3.24. The highest BCUT2D eigenvalue weighted by molar-refractivity contribution is 5.44. The third-order valence-corrected chi connectivity index (χ3v) is 3.60. The molecule has 2 rings (SSSR count). The monoisotopic (exact) mass is 264 g/mol. The van der Waals surface area contributed by atoms with Crippen molar-refractivity contribution in [3.8, 4) is 0 Å². The van der Waals surface area contributed by atoms with Gasteiger partial charge in [0.2, 0.25) is 17.8 Å². The van der Waals surface area contributed by atoms with Crippen LogP contribution in [0.3, 0.4) is 0 Å². The second kappa shape index (κ2) is 6.04. The van der Waals surface area contributed by atoms with Crippen molar-refractivity contribution in [2.75, 3.05) is 35.7 Å². The van der Waals surface area contributed by atoms with Crippen LogP contribution in [0.2, 0.25) is 0 Å². The Morgan fingerprint density at radius 1 is 1.11 bits per heavy atom. The molecule has 0 aliphatic heterocycles. The summed E-state index contributed by atoms with van der Waals surface area (Å²) in [6.07, 6.45) is 2.39. The Hall–Kier alpha value is -1.59. The van der Waals surface area contributed by atoms with Crippen molar-refractivity contribution in [2.24, 2.45) is 5.92 Å². The molecule has 6 nitrogen and oxygen atoms in total. The maximum atomic E-state index is 4.52. The molecule has 6 heteroatoms. The zero-order valence-corrected chi connectivity index (χ0v) is 12.3. The van der Waals surface area contributed by atoms with Gasteiger partial charge in [-0.15, -0.1) is 0 Å². The minimum Gasteiger partial charge on any atom is -0.357 e. The largest absolute Gasteiger partial charge is 0.357 e. The molecule has 1 heterocycles. The highest BCUT2D eigenvalue weighted by Crippen LogP contribution is 2.29. The smallest absolute Gasteiger partial charge is 0.231 e. The maximum absolute atomic E-state index is 4.52. The van der Waals surface area contributed by atoms with Gasteiger partial charge in [-0.05, 0) is 32.6 Å². The van der Waals surface area contributed by atoms with E-state index in [1.54, 1.807) is 0 Å². The molecular formula is C13H24N6. The summed E-state index contributed by atoms with van der Waals surface area (Å²) >= 11 is 0. The molecule has 1 aliphatic rings. The molecule has 1 fully saturated rings. The fourth-order valence-electron chi connectivity index (χ4n) is 2.39. The molecule has 0 spiro atoms. The average molecular weight is 264 g/mol. The van der Waals surface area contributed by atoms with Gasteiger partial charge in [-0.25, -0.2) is 0 Å². The highest BCUT2D eigenvalue weighted by atomic mass is 15.3. The first-order chi connectivity index (χ1) is 9.16. The first-order valence-electron chi connectivity index (χ1n) is 7.11. The molecule has 106 valence electrons. The summed E-state index contributed by atoms with van der Waals surface area (Å²) in [5.41, 5.74) is 0. The van der Waals surface area contributed by atoms with Gasteiger partial charge >= 0.3 is 0 Å². The number of anilines is 3. The molecule has 0 bridgehead atoms. The fourth-order valence-corrected chi connectivity index (χ4v) is 2.39. The van der Waals surface area contributed by atoms with E-state index < -0.39 is 0 Å². The molecule has 19 heavy (non-hydrogen) atoms. The van der Waals surface area contributed by atoms with E-state index in [-0.39, 0.29) is 0 Å². The zero-order valence-electron chi connectivity index (χ0n) is 12.3. The Labute approximate surface area is 115 Å². The number of hydrogen-bond acceptors (Lipinski definition) is 6. The number of aromatic nitrogens is 3.